The molecule has 3 rings (SSSR count). The number of hydrogen-bond donors (Lipinski definition) is 0. The normalized spacial score (nSPS) is 16.4. The zero-order chi connectivity index (χ0) is 15.5. The summed E-state index contributed by atoms with van der Waals surface area (Å²) in [6.07, 6.45) is 0. The Kier molecular flexibility index (Phi) is 4.40. The Hall–Kier alpha value is -1.92. The maximum absolute atomic E-state index is 13.2. The quantitative estimate of drug-likeness (QED) is 0.865. The summed E-state index contributed by atoms with van der Waals surface area (Å²) in [6.45, 7) is 3.77. The van der Waals surface area contributed by atoms with E-state index >= 15 is 0 Å². The van der Waals surface area contributed by atoms with Crippen molar-refractivity contribution in [2.45, 2.75) is 6.54 Å². The molecule has 0 aliphatic carbocycles. The Labute approximate surface area is 128 Å². The van der Waals surface area contributed by atoms with E-state index in [1.807, 2.05) is 11.0 Å². The van der Waals surface area contributed by atoms with Gasteiger partial charge < -0.3 is 14.1 Å². The molecule has 22 heavy (non-hydrogen) atoms. The molecule has 1 aliphatic heterocycles. The zero-order valence-corrected chi connectivity index (χ0v) is 12.5. The van der Waals surface area contributed by atoms with Gasteiger partial charge in [0, 0.05) is 38.7 Å². The molecule has 5 nitrogen and oxygen atoms in total. The van der Waals surface area contributed by atoms with Crippen molar-refractivity contribution in [3.8, 4) is 0 Å². The third kappa shape index (κ3) is 3.28. The maximum atomic E-state index is 13.2. The number of nitrogens with zero attached hydrogens (tertiary/aromatic N) is 2. The highest BCUT2D eigenvalue weighted by Gasteiger charge is 2.21. The van der Waals surface area contributed by atoms with Gasteiger partial charge in [0.15, 0.2) is 0 Å². The molecule has 0 bridgehead atoms. The highest BCUT2D eigenvalue weighted by atomic mass is 19.1. The topological polar surface area (TPSA) is 45.9 Å². The molecule has 0 atom stereocenters. The number of hydrogen-bond acceptors (Lipinski definition) is 4. The minimum absolute atomic E-state index is 0.0290. The van der Waals surface area contributed by atoms with Crippen LogP contribution in [0.3, 0.4) is 0 Å². The van der Waals surface area contributed by atoms with E-state index in [9.17, 15) is 9.18 Å². The van der Waals surface area contributed by atoms with E-state index in [2.05, 4.69) is 4.90 Å². The van der Waals surface area contributed by atoms with Crippen molar-refractivity contribution in [2.24, 2.45) is 0 Å². The molecule has 1 aliphatic rings. The van der Waals surface area contributed by atoms with Crippen molar-refractivity contribution >= 4 is 16.9 Å². The monoisotopic (exact) mass is 306 g/mol. The molecule has 0 saturated carbocycles. The number of rotatable bonds is 4. The standard InChI is InChI=1S/C16H19FN2O3/c1-21-11-16(20)19-6-4-18(5-7-19)10-14-9-12-8-13(17)2-3-15(12)22-14/h2-3,8-9H,4-7,10-11H2,1H3. The van der Waals surface area contributed by atoms with Gasteiger partial charge in [-0.3, -0.25) is 9.69 Å². The Morgan fingerprint density at radius 2 is 2.05 bits per heavy atom. The average Bonchev–Trinajstić information content (AvgIpc) is 2.89. The molecule has 0 unspecified atom stereocenters. The zero-order valence-electron chi connectivity index (χ0n) is 12.5. The number of piperazine rings is 1. The van der Waals surface area contributed by atoms with Crippen molar-refractivity contribution in [3.63, 3.8) is 0 Å². The van der Waals surface area contributed by atoms with Crippen LogP contribution in [0.15, 0.2) is 28.7 Å². The predicted molar refractivity (Wildman–Crippen MR) is 79.9 cm³/mol. The molecule has 6 heteroatoms. The van der Waals surface area contributed by atoms with Crippen molar-refractivity contribution in [3.05, 3.63) is 35.8 Å². The van der Waals surface area contributed by atoms with Crippen LogP contribution in [-0.4, -0.2) is 55.6 Å². The number of ether oxygens (including phenoxy) is 1. The van der Waals surface area contributed by atoms with Crippen molar-refractivity contribution in [2.75, 3.05) is 39.9 Å². The van der Waals surface area contributed by atoms with Gasteiger partial charge in [0.1, 0.15) is 23.8 Å². The van der Waals surface area contributed by atoms with Crippen LogP contribution in [0.25, 0.3) is 11.0 Å². The van der Waals surface area contributed by atoms with Gasteiger partial charge >= 0.3 is 0 Å². The van der Waals surface area contributed by atoms with Gasteiger partial charge in [0.2, 0.25) is 5.91 Å². The highest BCUT2D eigenvalue weighted by Crippen LogP contribution is 2.21. The highest BCUT2D eigenvalue weighted by molar-refractivity contribution is 5.78. The van der Waals surface area contributed by atoms with Gasteiger partial charge in [0.05, 0.1) is 6.54 Å². The molecule has 1 aromatic heterocycles. The first kappa shape index (κ1) is 15.0. The van der Waals surface area contributed by atoms with Gasteiger partial charge in [-0.2, -0.15) is 0 Å². The maximum Gasteiger partial charge on any atom is 0.248 e. The molecule has 118 valence electrons. The van der Waals surface area contributed by atoms with Gasteiger partial charge in [-0.25, -0.2) is 4.39 Å². The number of fused-ring (bicyclic) bond motifs is 1. The van der Waals surface area contributed by atoms with Gasteiger partial charge in [-0.15, -0.1) is 0 Å². The lowest BCUT2D eigenvalue weighted by atomic mass is 10.2. The second-order valence-corrected chi connectivity index (χ2v) is 5.48. The fourth-order valence-corrected chi connectivity index (χ4v) is 2.74. The largest absolute Gasteiger partial charge is 0.460 e. The minimum atomic E-state index is -0.259. The summed E-state index contributed by atoms with van der Waals surface area (Å²) in [5.74, 6) is 0.587. The van der Waals surface area contributed by atoms with Crippen LogP contribution in [0.5, 0.6) is 0 Å². The third-order valence-corrected chi connectivity index (χ3v) is 3.90. The Morgan fingerprint density at radius 1 is 1.27 bits per heavy atom. The fraction of sp³-hybridized carbons (Fsp3) is 0.438. The SMILES string of the molecule is COCC(=O)N1CCN(Cc2cc3cc(F)ccc3o2)CC1. The van der Waals surface area contributed by atoms with Gasteiger partial charge in [-0.05, 0) is 24.3 Å². The Bertz CT molecular complexity index is 662. The molecule has 1 saturated heterocycles. The smallest absolute Gasteiger partial charge is 0.248 e. The number of halogens is 1. The third-order valence-electron chi connectivity index (χ3n) is 3.90. The number of furan rings is 1. The summed E-state index contributed by atoms with van der Waals surface area (Å²) < 4.78 is 23.8. The van der Waals surface area contributed by atoms with E-state index in [0.717, 1.165) is 24.2 Å². The van der Waals surface area contributed by atoms with Crippen molar-refractivity contribution in [1.29, 1.82) is 0 Å². The molecule has 1 fully saturated rings. The second-order valence-electron chi connectivity index (χ2n) is 5.48. The van der Waals surface area contributed by atoms with Crippen LogP contribution < -0.4 is 0 Å². The molecule has 1 amide bonds. The molecule has 1 aromatic carbocycles. The first-order valence-corrected chi connectivity index (χ1v) is 7.33. The van der Waals surface area contributed by atoms with E-state index in [1.54, 1.807) is 6.07 Å². The molecule has 0 radical (unpaired) electrons. The lowest BCUT2D eigenvalue weighted by Gasteiger charge is -2.34. The van der Waals surface area contributed by atoms with Crippen LogP contribution in [0.2, 0.25) is 0 Å². The predicted octanol–water partition coefficient (Wildman–Crippen LogP) is 1.86. The van der Waals surface area contributed by atoms with E-state index in [0.29, 0.717) is 25.2 Å². The molecule has 2 aromatic rings. The lowest BCUT2D eigenvalue weighted by Crippen LogP contribution is -2.49. The van der Waals surface area contributed by atoms with Crippen LogP contribution in [0.4, 0.5) is 4.39 Å². The molecule has 0 N–H and O–H groups in total. The van der Waals surface area contributed by atoms with Crippen molar-refractivity contribution < 1.29 is 18.3 Å². The summed E-state index contributed by atoms with van der Waals surface area (Å²) >= 11 is 0. The van der Waals surface area contributed by atoms with E-state index in [-0.39, 0.29) is 18.3 Å². The van der Waals surface area contributed by atoms with E-state index < -0.39 is 0 Å². The van der Waals surface area contributed by atoms with Gasteiger partial charge in [0.25, 0.3) is 0 Å². The summed E-state index contributed by atoms with van der Waals surface area (Å²) in [7, 11) is 1.53. The van der Waals surface area contributed by atoms with Gasteiger partial charge in [-0.1, -0.05) is 0 Å². The number of carbonyl (C=O) groups is 1. The number of amides is 1. The van der Waals surface area contributed by atoms with Crippen LogP contribution in [-0.2, 0) is 16.1 Å². The molecule has 2 heterocycles. The number of benzene rings is 1. The minimum Gasteiger partial charge on any atom is -0.460 e. The van der Waals surface area contributed by atoms with Crippen molar-refractivity contribution in [1.82, 2.24) is 9.80 Å². The summed E-state index contributed by atoms with van der Waals surface area (Å²) in [5, 5.41) is 0.781. The van der Waals surface area contributed by atoms with E-state index in [1.165, 1.54) is 19.2 Å². The fourth-order valence-electron chi connectivity index (χ4n) is 2.74. The summed E-state index contributed by atoms with van der Waals surface area (Å²) in [4.78, 5) is 15.8. The lowest BCUT2D eigenvalue weighted by molar-refractivity contribution is -0.136. The number of methoxy groups -OCH3 is 1. The second kappa shape index (κ2) is 6.46. The van der Waals surface area contributed by atoms with Crippen LogP contribution >= 0.6 is 0 Å². The number of carbonyl (C=O) groups excluding carboxylic acids is 1. The molecule has 0 spiro atoms. The molecular weight excluding hydrogens is 287 g/mol. The first-order valence-electron chi connectivity index (χ1n) is 7.33. The van der Waals surface area contributed by atoms with Crippen LogP contribution in [0.1, 0.15) is 5.76 Å². The summed E-state index contributed by atoms with van der Waals surface area (Å²) in [5.41, 5.74) is 0.699. The van der Waals surface area contributed by atoms with Crippen LogP contribution in [0, 0.1) is 5.82 Å². The Balaban J connectivity index is 1.58. The van der Waals surface area contributed by atoms with E-state index in [4.69, 9.17) is 9.15 Å². The molecular formula is C16H19FN2O3. The first-order chi connectivity index (χ1) is 10.7. The Morgan fingerprint density at radius 3 is 2.77 bits per heavy atom. The summed E-state index contributed by atoms with van der Waals surface area (Å²) in [6, 6.07) is 6.40. The average molecular weight is 306 g/mol.